The molecule has 2 aliphatic rings. The zero-order valence-electron chi connectivity index (χ0n) is 19.1. The first-order valence-corrected chi connectivity index (χ1v) is 11.6. The molecule has 1 fully saturated rings. The van der Waals surface area contributed by atoms with Gasteiger partial charge in [-0.2, -0.15) is 5.26 Å². The fraction of sp³-hybridized carbons (Fsp3) is 0.269. The summed E-state index contributed by atoms with van der Waals surface area (Å²) in [4.78, 5) is 26.5. The molecule has 1 N–H and O–H groups in total. The van der Waals surface area contributed by atoms with E-state index >= 15 is 0 Å². The van der Waals surface area contributed by atoms with Gasteiger partial charge < -0.3 is 14.5 Å². The van der Waals surface area contributed by atoms with E-state index in [4.69, 9.17) is 0 Å². The summed E-state index contributed by atoms with van der Waals surface area (Å²) in [6.45, 7) is 1.80. The lowest BCUT2D eigenvalue weighted by Gasteiger charge is -2.12. The number of rotatable bonds is 5. The number of aryl methyl sites for hydroxylation is 2. The minimum atomic E-state index is -0.606. The average molecular weight is 468 g/mol. The molecule has 0 spiro atoms. The summed E-state index contributed by atoms with van der Waals surface area (Å²) < 4.78 is 18.6. The molecule has 9 heteroatoms. The van der Waals surface area contributed by atoms with Crippen LogP contribution in [0.25, 0.3) is 17.2 Å². The molecule has 0 unspecified atom stereocenters. The Balaban J connectivity index is 1.28. The van der Waals surface area contributed by atoms with Crippen LogP contribution in [-0.4, -0.2) is 30.0 Å². The summed E-state index contributed by atoms with van der Waals surface area (Å²) >= 11 is 0. The number of hydrogen-bond donors (Lipinski definition) is 1. The number of nitriles is 1. The first-order chi connectivity index (χ1) is 17.0. The van der Waals surface area contributed by atoms with Gasteiger partial charge in [-0.3, -0.25) is 4.79 Å². The Morgan fingerprint density at radius 1 is 1.23 bits per heavy atom. The minimum absolute atomic E-state index is 0.0780. The monoisotopic (exact) mass is 467 g/mol. The molecule has 4 heterocycles. The highest BCUT2D eigenvalue weighted by Gasteiger charge is 2.27. The van der Waals surface area contributed by atoms with Gasteiger partial charge in [-0.15, -0.1) is 0 Å². The van der Waals surface area contributed by atoms with Gasteiger partial charge in [0.2, 0.25) is 0 Å². The molecular weight excluding hydrogens is 445 g/mol. The van der Waals surface area contributed by atoms with Crippen LogP contribution >= 0.6 is 0 Å². The van der Waals surface area contributed by atoms with Crippen molar-refractivity contribution < 1.29 is 9.18 Å². The number of benzene rings is 1. The molecule has 8 nitrogen and oxygen atoms in total. The summed E-state index contributed by atoms with van der Waals surface area (Å²) in [5, 5.41) is 12.2. The van der Waals surface area contributed by atoms with E-state index in [1.807, 2.05) is 15.3 Å². The van der Waals surface area contributed by atoms with E-state index in [0.29, 0.717) is 28.7 Å². The van der Waals surface area contributed by atoms with Gasteiger partial charge in [0, 0.05) is 24.0 Å². The SMILES string of the molecule is Cc1cc(F)c(C(=O)Nc2cccc(-c3ncc4n3[C@H](C#N)CC4)n2)cc1-n1cnc(C2CC2)c1. The number of hydrogen-bond acceptors (Lipinski definition) is 5. The Bertz CT molecular complexity index is 1510. The lowest BCUT2D eigenvalue weighted by Crippen LogP contribution is -2.16. The minimum Gasteiger partial charge on any atom is -0.310 e. The van der Waals surface area contributed by atoms with E-state index in [9.17, 15) is 14.4 Å². The number of imidazole rings is 2. The van der Waals surface area contributed by atoms with Crippen LogP contribution in [0.3, 0.4) is 0 Å². The molecule has 6 rings (SSSR count). The lowest BCUT2D eigenvalue weighted by atomic mass is 10.1. The highest BCUT2D eigenvalue weighted by Crippen LogP contribution is 2.39. The van der Waals surface area contributed by atoms with Crippen molar-refractivity contribution in [2.75, 3.05) is 5.32 Å². The zero-order valence-corrected chi connectivity index (χ0v) is 19.1. The summed E-state index contributed by atoms with van der Waals surface area (Å²) in [5.41, 5.74) is 3.87. The van der Waals surface area contributed by atoms with Crippen molar-refractivity contribution in [3.05, 3.63) is 77.4 Å². The maximum Gasteiger partial charge on any atom is 0.259 e. The van der Waals surface area contributed by atoms with E-state index in [2.05, 4.69) is 26.3 Å². The zero-order chi connectivity index (χ0) is 24.1. The van der Waals surface area contributed by atoms with Gasteiger partial charge in [0.05, 0.1) is 29.3 Å². The molecule has 1 aliphatic heterocycles. The number of halogens is 1. The van der Waals surface area contributed by atoms with Crippen LogP contribution in [-0.2, 0) is 6.42 Å². The maximum atomic E-state index is 14.8. The van der Waals surface area contributed by atoms with E-state index in [1.54, 1.807) is 43.7 Å². The van der Waals surface area contributed by atoms with Gasteiger partial charge in [0.1, 0.15) is 23.4 Å². The number of fused-ring (bicyclic) bond motifs is 1. The van der Waals surface area contributed by atoms with Crippen molar-refractivity contribution in [3.8, 4) is 23.3 Å². The number of carbonyl (C=O) groups excluding carboxylic acids is 1. The topological polar surface area (TPSA) is 101 Å². The van der Waals surface area contributed by atoms with Crippen molar-refractivity contribution in [1.29, 1.82) is 5.26 Å². The Morgan fingerprint density at radius 2 is 2.09 bits per heavy atom. The molecule has 174 valence electrons. The van der Waals surface area contributed by atoms with Crippen molar-refractivity contribution in [2.24, 2.45) is 0 Å². The van der Waals surface area contributed by atoms with Crippen LogP contribution in [0.1, 0.15) is 58.5 Å². The maximum absolute atomic E-state index is 14.8. The molecule has 0 saturated heterocycles. The number of amides is 1. The van der Waals surface area contributed by atoms with Gasteiger partial charge in [-0.25, -0.2) is 19.3 Å². The molecule has 1 amide bonds. The summed E-state index contributed by atoms with van der Waals surface area (Å²) in [6, 6.07) is 10.1. The van der Waals surface area contributed by atoms with Gasteiger partial charge in [0.15, 0.2) is 5.82 Å². The van der Waals surface area contributed by atoms with E-state index in [-0.39, 0.29) is 17.4 Å². The van der Waals surface area contributed by atoms with Crippen LogP contribution < -0.4 is 5.32 Å². The van der Waals surface area contributed by atoms with Crippen molar-refractivity contribution in [3.63, 3.8) is 0 Å². The molecular formula is C26H22FN7O. The summed E-state index contributed by atoms with van der Waals surface area (Å²) in [5.74, 6) is 0.148. The number of nitrogens with one attached hydrogen (secondary N) is 1. The van der Waals surface area contributed by atoms with Crippen LogP contribution in [0, 0.1) is 24.1 Å². The third-order valence-electron chi connectivity index (χ3n) is 6.63. The molecule has 4 aromatic rings. The molecule has 1 saturated carbocycles. The van der Waals surface area contributed by atoms with Gasteiger partial charge in [0.25, 0.3) is 5.91 Å². The van der Waals surface area contributed by atoms with Gasteiger partial charge in [-0.1, -0.05) is 6.07 Å². The Kier molecular flexibility index (Phi) is 4.95. The fourth-order valence-electron chi connectivity index (χ4n) is 4.64. The molecule has 0 radical (unpaired) electrons. The van der Waals surface area contributed by atoms with Crippen LogP contribution in [0.15, 0.2) is 49.1 Å². The summed E-state index contributed by atoms with van der Waals surface area (Å²) in [6.07, 6.45) is 9.21. The van der Waals surface area contributed by atoms with E-state index < -0.39 is 11.7 Å². The molecule has 3 aromatic heterocycles. The van der Waals surface area contributed by atoms with Crippen LogP contribution in [0.5, 0.6) is 0 Å². The second-order valence-electron chi connectivity index (χ2n) is 9.09. The third kappa shape index (κ3) is 3.77. The Labute approximate surface area is 201 Å². The van der Waals surface area contributed by atoms with Crippen molar-refractivity contribution in [2.45, 2.75) is 44.6 Å². The summed E-state index contributed by atoms with van der Waals surface area (Å²) in [7, 11) is 0. The van der Waals surface area contributed by atoms with E-state index in [0.717, 1.165) is 37.1 Å². The third-order valence-corrected chi connectivity index (χ3v) is 6.63. The average Bonchev–Trinajstić information content (AvgIpc) is 3.25. The molecule has 1 atom stereocenters. The number of nitrogens with zero attached hydrogens (tertiary/aromatic N) is 6. The quantitative estimate of drug-likeness (QED) is 0.458. The van der Waals surface area contributed by atoms with Crippen LogP contribution in [0.2, 0.25) is 0 Å². The van der Waals surface area contributed by atoms with Gasteiger partial charge >= 0.3 is 0 Å². The van der Waals surface area contributed by atoms with Crippen LogP contribution in [0.4, 0.5) is 10.2 Å². The number of anilines is 1. The second-order valence-corrected chi connectivity index (χ2v) is 9.09. The highest BCUT2D eigenvalue weighted by molar-refractivity contribution is 6.04. The lowest BCUT2D eigenvalue weighted by molar-refractivity contribution is 0.102. The smallest absolute Gasteiger partial charge is 0.259 e. The molecule has 1 aliphatic carbocycles. The normalized spacial score (nSPS) is 16.7. The van der Waals surface area contributed by atoms with Gasteiger partial charge in [-0.05, 0) is 62.4 Å². The van der Waals surface area contributed by atoms with E-state index in [1.165, 1.54) is 6.07 Å². The largest absolute Gasteiger partial charge is 0.310 e. The first-order valence-electron chi connectivity index (χ1n) is 11.6. The predicted molar refractivity (Wildman–Crippen MR) is 127 cm³/mol. The standard InChI is InChI=1S/C26H22FN7O/c1-15-9-20(27)19(10-23(15)33-13-22(30-14-33)16-5-6-16)26(35)32-24-4-2-3-21(31-24)25-29-12-18-8-7-17(11-28)34(18)25/h2-4,9-10,12-14,16-17H,5-8H2,1H3,(H,31,32,35)/t17-/m0/s1. The number of pyridine rings is 1. The van der Waals surface area contributed by atoms with Crippen molar-refractivity contribution in [1.82, 2.24) is 24.1 Å². The van der Waals surface area contributed by atoms with Crippen molar-refractivity contribution >= 4 is 11.7 Å². The number of aromatic nitrogens is 5. The Morgan fingerprint density at radius 3 is 2.89 bits per heavy atom. The highest BCUT2D eigenvalue weighted by atomic mass is 19.1. The number of carbonyl (C=O) groups is 1. The predicted octanol–water partition coefficient (Wildman–Crippen LogP) is 4.72. The molecule has 35 heavy (non-hydrogen) atoms. The molecule has 0 bridgehead atoms. The fourth-order valence-corrected chi connectivity index (χ4v) is 4.64. The second kappa shape index (κ2) is 8.17. The molecule has 1 aromatic carbocycles. The first kappa shape index (κ1) is 21.2. The Hall–Kier alpha value is -4.32.